The molecule has 0 atom stereocenters. The second kappa shape index (κ2) is 11.0. The Balaban J connectivity index is 0.00000261. The molecule has 2 heterocycles. The van der Waals surface area contributed by atoms with Crippen LogP contribution in [0, 0.1) is 0 Å². The molecule has 0 aliphatic heterocycles. The number of benzene rings is 1. The second-order valence-corrected chi connectivity index (χ2v) is 6.83. The summed E-state index contributed by atoms with van der Waals surface area (Å²) in [5, 5.41) is 11.8. The molecule has 0 bridgehead atoms. The van der Waals surface area contributed by atoms with E-state index in [4.69, 9.17) is 0 Å². The number of nitrogens with zero attached hydrogens (tertiary/aromatic N) is 5. The van der Waals surface area contributed by atoms with Crippen LogP contribution in [0.1, 0.15) is 29.3 Å². The zero-order valence-corrected chi connectivity index (χ0v) is 18.6. The van der Waals surface area contributed by atoms with Gasteiger partial charge in [0, 0.05) is 17.6 Å². The van der Waals surface area contributed by atoms with Crippen molar-refractivity contribution in [1.29, 1.82) is 0 Å². The summed E-state index contributed by atoms with van der Waals surface area (Å²) in [5.74, 6) is 0.793. The summed E-state index contributed by atoms with van der Waals surface area (Å²) < 4.78 is 1.73. The van der Waals surface area contributed by atoms with Gasteiger partial charge in [-0.2, -0.15) is 5.10 Å². The fraction of sp³-hybridized carbons (Fsp3) is 0.333. The van der Waals surface area contributed by atoms with Crippen molar-refractivity contribution in [3.8, 4) is 5.69 Å². The van der Waals surface area contributed by atoms with Gasteiger partial charge in [0.05, 0.1) is 18.8 Å². The van der Waals surface area contributed by atoms with Crippen molar-refractivity contribution in [1.82, 2.24) is 30.4 Å². The number of rotatable bonds is 7. The molecule has 3 rings (SSSR count). The topological polar surface area (TPSA) is 80.0 Å². The number of thiazole rings is 1. The van der Waals surface area contributed by atoms with Gasteiger partial charge in [-0.1, -0.05) is 19.1 Å². The lowest BCUT2D eigenvalue weighted by Gasteiger charge is -2.10. The number of nitrogens with one attached hydrogen (secondary N) is 2. The number of guanidine groups is 1. The smallest absolute Gasteiger partial charge is 0.191 e. The molecule has 0 spiro atoms. The van der Waals surface area contributed by atoms with Gasteiger partial charge in [-0.15, -0.1) is 35.3 Å². The first-order valence-corrected chi connectivity index (χ1v) is 9.49. The minimum absolute atomic E-state index is 0. The molecule has 3 aromatic rings. The lowest BCUT2D eigenvalue weighted by molar-refractivity contribution is 0.811. The van der Waals surface area contributed by atoms with Crippen molar-refractivity contribution < 1.29 is 0 Å². The molecule has 2 N–H and O–H groups in total. The van der Waals surface area contributed by atoms with Gasteiger partial charge in [0.15, 0.2) is 5.96 Å². The average molecular weight is 497 g/mol. The highest BCUT2D eigenvalue weighted by Gasteiger charge is 2.03. The van der Waals surface area contributed by atoms with Crippen LogP contribution in [0.15, 0.2) is 48.1 Å². The molecule has 2 aromatic heterocycles. The van der Waals surface area contributed by atoms with Gasteiger partial charge in [0.25, 0.3) is 0 Å². The van der Waals surface area contributed by atoms with Crippen LogP contribution in [0.5, 0.6) is 0 Å². The van der Waals surface area contributed by atoms with Gasteiger partial charge in [-0.25, -0.2) is 19.6 Å². The number of aryl methyl sites for hydroxylation is 1. The van der Waals surface area contributed by atoms with Crippen molar-refractivity contribution >= 4 is 41.3 Å². The minimum atomic E-state index is 0. The number of hydrogen-bond donors (Lipinski definition) is 2. The molecule has 0 amide bonds. The maximum atomic E-state index is 4.65. The lowest BCUT2D eigenvalue weighted by atomic mass is 10.2. The Hall–Kier alpha value is -2.01. The summed E-state index contributed by atoms with van der Waals surface area (Å²) in [6, 6.07) is 8.14. The Bertz CT molecular complexity index is 828. The van der Waals surface area contributed by atoms with Crippen LogP contribution < -0.4 is 10.6 Å². The molecule has 0 unspecified atom stereocenters. The van der Waals surface area contributed by atoms with E-state index in [-0.39, 0.29) is 24.0 Å². The third-order valence-corrected chi connectivity index (χ3v) is 4.88. The zero-order chi connectivity index (χ0) is 18.2. The molecular formula is C18H24IN7S. The second-order valence-electron chi connectivity index (χ2n) is 5.63. The van der Waals surface area contributed by atoms with Crippen LogP contribution in [-0.2, 0) is 19.5 Å². The molecule has 0 aliphatic carbocycles. The summed E-state index contributed by atoms with van der Waals surface area (Å²) >= 11 is 1.74. The van der Waals surface area contributed by atoms with Crippen LogP contribution >= 0.6 is 35.3 Å². The Morgan fingerprint density at radius 3 is 2.63 bits per heavy atom. The predicted octanol–water partition coefficient (Wildman–Crippen LogP) is 3.16. The van der Waals surface area contributed by atoms with Crippen molar-refractivity contribution in [2.75, 3.05) is 6.54 Å². The van der Waals surface area contributed by atoms with E-state index < -0.39 is 0 Å². The van der Waals surface area contributed by atoms with Crippen LogP contribution in [0.2, 0.25) is 0 Å². The quantitative estimate of drug-likeness (QED) is 0.298. The standard InChI is InChI=1S/C18H23N7S.HI/c1-3-16-10-21-17(26-16)11-23-18(20-4-2)22-9-14-5-7-15(8-6-14)25-13-19-12-24-25;/h5-8,10,12-13H,3-4,9,11H2,1-2H3,(H2,20,22,23);1H. The van der Waals surface area contributed by atoms with E-state index in [1.807, 2.05) is 18.3 Å². The molecule has 9 heteroatoms. The Kier molecular flexibility index (Phi) is 8.65. The number of aliphatic imine (C=N–C) groups is 1. The average Bonchev–Trinajstić information content (AvgIpc) is 3.36. The fourth-order valence-corrected chi connectivity index (χ4v) is 3.16. The first kappa shape index (κ1) is 21.3. The van der Waals surface area contributed by atoms with Gasteiger partial charge in [-0.3, -0.25) is 0 Å². The monoisotopic (exact) mass is 497 g/mol. The van der Waals surface area contributed by atoms with Crippen molar-refractivity contribution in [2.45, 2.75) is 33.4 Å². The van der Waals surface area contributed by atoms with Gasteiger partial charge in [-0.05, 0) is 31.0 Å². The summed E-state index contributed by atoms with van der Waals surface area (Å²) in [5.41, 5.74) is 2.12. The molecule has 0 fully saturated rings. The third kappa shape index (κ3) is 6.28. The van der Waals surface area contributed by atoms with Crippen LogP contribution in [0.4, 0.5) is 0 Å². The van der Waals surface area contributed by atoms with E-state index in [9.17, 15) is 0 Å². The van der Waals surface area contributed by atoms with Crippen LogP contribution in [-0.4, -0.2) is 32.3 Å². The van der Waals surface area contributed by atoms with Crippen molar-refractivity contribution in [2.24, 2.45) is 4.99 Å². The van der Waals surface area contributed by atoms with E-state index in [0.717, 1.165) is 35.2 Å². The summed E-state index contributed by atoms with van der Waals surface area (Å²) in [4.78, 5) is 14.4. The van der Waals surface area contributed by atoms with E-state index in [2.05, 4.69) is 56.7 Å². The van der Waals surface area contributed by atoms with Crippen molar-refractivity contribution in [3.05, 3.63) is 58.6 Å². The first-order chi connectivity index (χ1) is 12.8. The van der Waals surface area contributed by atoms with Gasteiger partial charge < -0.3 is 10.6 Å². The summed E-state index contributed by atoms with van der Waals surface area (Å²) in [6.45, 7) is 6.30. The normalized spacial score (nSPS) is 11.1. The molecule has 1 aromatic carbocycles. The first-order valence-electron chi connectivity index (χ1n) is 8.68. The molecule has 0 radical (unpaired) electrons. The lowest BCUT2D eigenvalue weighted by Crippen LogP contribution is -2.36. The number of halogens is 1. The van der Waals surface area contributed by atoms with E-state index in [1.165, 1.54) is 11.2 Å². The summed E-state index contributed by atoms with van der Waals surface area (Å²) in [7, 11) is 0. The molecule has 0 saturated heterocycles. The number of aromatic nitrogens is 4. The zero-order valence-electron chi connectivity index (χ0n) is 15.4. The highest BCUT2D eigenvalue weighted by molar-refractivity contribution is 14.0. The van der Waals surface area contributed by atoms with E-state index in [1.54, 1.807) is 22.3 Å². The Morgan fingerprint density at radius 1 is 1.19 bits per heavy atom. The molecule has 0 aliphatic rings. The van der Waals surface area contributed by atoms with Crippen molar-refractivity contribution in [3.63, 3.8) is 0 Å². The highest BCUT2D eigenvalue weighted by atomic mass is 127. The Labute approximate surface area is 180 Å². The summed E-state index contributed by atoms with van der Waals surface area (Å²) in [6.07, 6.45) is 6.18. The SMILES string of the molecule is CCNC(=NCc1ccc(-n2cncn2)cc1)NCc1ncc(CC)s1.I. The fourth-order valence-electron chi connectivity index (χ4n) is 2.36. The maximum Gasteiger partial charge on any atom is 0.191 e. The molecular weight excluding hydrogens is 473 g/mol. The molecule has 144 valence electrons. The van der Waals surface area contributed by atoms with Crippen LogP contribution in [0.3, 0.4) is 0 Å². The van der Waals surface area contributed by atoms with Gasteiger partial charge in [0.1, 0.15) is 17.7 Å². The van der Waals surface area contributed by atoms with Gasteiger partial charge in [0.2, 0.25) is 0 Å². The van der Waals surface area contributed by atoms with Crippen LogP contribution in [0.25, 0.3) is 5.69 Å². The molecule has 0 saturated carbocycles. The van der Waals surface area contributed by atoms with E-state index >= 15 is 0 Å². The number of hydrogen-bond acceptors (Lipinski definition) is 5. The minimum Gasteiger partial charge on any atom is -0.357 e. The predicted molar refractivity (Wildman–Crippen MR) is 120 cm³/mol. The largest absolute Gasteiger partial charge is 0.357 e. The van der Waals surface area contributed by atoms with Gasteiger partial charge >= 0.3 is 0 Å². The van der Waals surface area contributed by atoms with E-state index in [0.29, 0.717) is 13.1 Å². The third-order valence-electron chi connectivity index (χ3n) is 3.74. The molecule has 27 heavy (non-hydrogen) atoms. The maximum absolute atomic E-state index is 4.65. The highest BCUT2D eigenvalue weighted by Crippen LogP contribution is 2.13. The molecule has 7 nitrogen and oxygen atoms in total. The Morgan fingerprint density at radius 2 is 2.00 bits per heavy atom.